The number of carbonyl (C=O) groups is 1. The Labute approximate surface area is 173 Å². The van der Waals surface area contributed by atoms with Crippen molar-refractivity contribution in [2.75, 3.05) is 19.3 Å². The van der Waals surface area contributed by atoms with Crippen LogP contribution >= 0.6 is 11.8 Å². The van der Waals surface area contributed by atoms with Crippen molar-refractivity contribution in [1.29, 1.82) is 0 Å². The summed E-state index contributed by atoms with van der Waals surface area (Å²) in [5, 5.41) is 1.00. The van der Waals surface area contributed by atoms with Crippen molar-refractivity contribution in [3.05, 3.63) is 70.3 Å². The summed E-state index contributed by atoms with van der Waals surface area (Å²) >= 11 is 1.25. The van der Waals surface area contributed by atoms with Crippen LogP contribution in [0.4, 0.5) is 4.39 Å². The van der Waals surface area contributed by atoms with Gasteiger partial charge in [0.2, 0.25) is 5.91 Å². The van der Waals surface area contributed by atoms with E-state index in [4.69, 9.17) is 0 Å². The number of fused-ring (bicyclic) bond motifs is 1. The molecule has 0 saturated carbocycles. The van der Waals surface area contributed by atoms with Gasteiger partial charge in [-0.25, -0.2) is 9.37 Å². The van der Waals surface area contributed by atoms with Gasteiger partial charge in [0, 0.05) is 13.6 Å². The maximum Gasteiger partial charge on any atom is 0.262 e. The van der Waals surface area contributed by atoms with E-state index in [2.05, 4.69) is 11.9 Å². The molecule has 29 heavy (non-hydrogen) atoms. The van der Waals surface area contributed by atoms with Gasteiger partial charge in [0.1, 0.15) is 5.82 Å². The Morgan fingerprint density at radius 2 is 1.90 bits per heavy atom. The van der Waals surface area contributed by atoms with E-state index < -0.39 is 0 Å². The van der Waals surface area contributed by atoms with Gasteiger partial charge in [0.25, 0.3) is 5.56 Å². The van der Waals surface area contributed by atoms with Crippen molar-refractivity contribution in [3.8, 4) is 0 Å². The molecule has 7 heteroatoms. The number of carbonyl (C=O) groups excluding carboxylic acids is 1. The average Bonchev–Trinajstić information content (AvgIpc) is 2.74. The molecule has 1 aromatic heterocycles. The first-order chi connectivity index (χ1) is 14.0. The van der Waals surface area contributed by atoms with E-state index in [1.807, 2.05) is 6.07 Å². The number of hydrogen-bond donors (Lipinski definition) is 0. The zero-order chi connectivity index (χ0) is 20.8. The minimum Gasteiger partial charge on any atom is -0.345 e. The van der Waals surface area contributed by atoms with Crippen molar-refractivity contribution < 1.29 is 9.18 Å². The highest BCUT2D eigenvalue weighted by atomic mass is 32.2. The highest BCUT2D eigenvalue weighted by Gasteiger charge is 2.15. The molecule has 152 valence electrons. The van der Waals surface area contributed by atoms with Gasteiger partial charge in [-0.3, -0.25) is 14.2 Å². The lowest BCUT2D eigenvalue weighted by molar-refractivity contribution is -0.127. The quantitative estimate of drug-likeness (QED) is 0.415. The van der Waals surface area contributed by atoms with Gasteiger partial charge in [-0.2, -0.15) is 0 Å². The van der Waals surface area contributed by atoms with Gasteiger partial charge in [-0.15, -0.1) is 0 Å². The van der Waals surface area contributed by atoms with E-state index in [0.717, 1.165) is 18.4 Å². The number of para-hydroxylation sites is 1. The summed E-state index contributed by atoms with van der Waals surface area (Å²) in [5.41, 5.74) is 1.22. The molecule has 1 heterocycles. The molecule has 3 rings (SSSR count). The van der Waals surface area contributed by atoms with Gasteiger partial charge in [0.05, 0.1) is 23.2 Å². The number of rotatable bonds is 8. The minimum atomic E-state index is -0.326. The molecule has 0 bridgehead atoms. The van der Waals surface area contributed by atoms with Crippen molar-refractivity contribution in [2.45, 2.75) is 31.5 Å². The van der Waals surface area contributed by atoms with Crippen LogP contribution in [0.1, 0.15) is 25.3 Å². The van der Waals surface area contributed by atoms with Crippen molar-refractivity contribution in [2.24, 2.45) is 0 Å². The van der Waals surface area contributed by atoms with Crippen molar-refractivity contribution in [3.63, 3.8) is 0 Å². The topological polar surface area (TPSA) is 55.2 Å². The van der Waals surface area contributed by atoms with Crippen LogP contribution in [0, 0.1) is 5.82 Å². The highest BCUT2D eigenvalue weighted by Crippen LogP contribution is 2.19. The average molecular weight is 414 g/mol. The van der Waals surface area contributed by atoms with E-state index >= 15 is 0 Å². The lowest BCUT2D eigenvalue weighted by Gasteiger charge is -2.17. The number of aromatic nitrogens is 2. The molecule has 2 aromatic carbocycles. The fourth-order valence-electron chi connectivity index (χ4n) is 2.93. The minimum absolute atomic E-state index is 0.000750. The third-order valence-electron chi connectivity index (χ3n) is 4.68. The summed E-state index contributed by atoms with van der Waals surface area (Å²) in [5.74, 6) is -0.124. The van der Waals surface area contributed by atoms with E-state index in [0.29, 0.717) is 22.6 Å². The molecule has 5 nitrogen and oxygen atoms in total. The number of benzene rings is 2. The summed E-state index contributed by atoms with van der Waals surface area (Å²) in [6.45, 7) is 3.06. The number of hydrogen-bond acceptors (Lipinski definition) is 4. The Balaban J connectivity index is 1.90. The van der Waals surface area contributed by atoms with Crippen LogP contribution in [0.5, 0.6) is 0 Å². The number of unbranched alkanes of at least 4 members (excludes halogenated alkanes) is 1. The molecule has 0 spiro atoms. The molecule has 0 radical (unpaired) electrons. The van der Waals surface area contributed by atoms with Gasteiger partial charge >= 0.3 is 0 Å². The Bertz CT molecular complexity index is 1050. The van der Waals surface area contributed by atoms with Gasteiger partial charge in [0.15, 0.2) is 5.16 Å². The third kappa shape index (κ3) is 5.23. The van der Waals surface area contributed by atoms with E-state index in [1.54, 1.807) is 46.8 Å². The fourth-order valence-corrected chi connectivity index (χ4v) is 3.87. The second-order valence-corrected chi connectivity index (χ2v) is 7.83. The van der Waals surface area contributed by atoms with E-state index in [-0.39, 0.29) is 29.6 Å². The van der Waals surface area contributed by atoms with Gasteiger partial charge in [-0.1, -0.05) is 49.4 Å². The molecule has 0 aliphatic carbocycles. The number of amides is 1. The number of halogens is 1. The zero-order valence-corrected chi connectivity index (χ0v) is 17.4. The molecule has 0 fully saturated rings. The van der Waals surface area contributed by atoms with E-state index in [1.165, 1.54) is 23.9 Å². The monoisotopic (exact) mass is 413 g/mol. The molecular formula is C22H24FN3O2S. The predicted octanol–water partition coefficient (Wildman–Crippen LogP) is 3.93. The molecule has 0 atom stereocenters. The number of nitrogens with zero attached hydrogens (tertiary/aromatic N) is 3. The fraction of sp³-hybridized carbons (Fsp3) is 0.318. The van der Waals surface area contributed by atoms with Gasteiger partial charge in [-0.05, 0) is 36.2 Å². The first kappa shape index (κ1) is 21.0. The van der Waals surface area contributed by atoms with Crippen molar-refractivity contribution in [1.82, 2.24) is 14.5 Å². The van der Waals surface area contributed by atoms with Crippen LogP contribution in [0.15, 0.2) is 58.5 Å². The SMILES string of the molecule is CCCCN(C)C(=O)CSc1nc2ccccc2c(=O)n1Cc1ccc(F)cc1. The lowest BCUT2D eigenvalue weighted by atomic mass is 10.2. The molecule has 0 unspecified atom stereocenters. The maximum absolute atomic E-state index is 13.2. The molecule has 0 N–H and O–H groups in total. The second kappa shape index (κ2) is 9.69. The second-order valence-electron chi connectivity index (χ2n) is 6.89. The molecule has 0 aliphatic rings. The lowest BCUT2D eigenvalue weighted by Crippen LogP contribution is -2.30. The zero-order valence-electron chi connectivity index (χ0n) is 16.6. The van der Waals surface area contributed by atoms with Gasteiger partial charge < -0.3 is 4.90 Å². The Hall–Kier alpha value is -2.67. The largest absolute Gasteiger partial charge is 0.345 e. The molecular weight excluding hydrogens is 389 g/mol. The molecule has 3 aromatic rings. The van der Waals surface area contributed by atoms with Crippen LogP contribution in [0.3, 0.4) is 0 Å². The molecule has 0 aliphatic heterocycles. The standard InChI is InChI=1S/C22H24FN3O2S/c1-3-4-13-25(2)20(27)15-29-22-24-19-8-6-5-7-18(19)21(28)26(22)14-16-9-11-17(23)12-10-16/h5-12H,3-4,13-15H2,1-2H3. The highest BCUT2D eigenvalue weighted by molar-refractivity contribution is 7.99. The molecule has 0 saturated heterocycles. The Morgan fingerprint density at radius 3 is 2.62 bits per heavy atom. The van der Waals surface area contributed by atoms with E-state index in [9.17, 15) is 14.0 Å². The first-order valence-corrected chi connectivity index (χ1v) is 10.6. The maximum atomic E-state index is 13.2. The van der Waals surface area contributed by atoms with Crippen LogP contribution < -0.4 is 5.56 Å². The van der Waals surface area contributed by atoms with Crippen LogP contribution in [0.2, 0.25) is 0 Å². The normalized spacial score (nSPS) is 11.0. The summed E-state index contributed by atoms with van der Waals surface area (Å²) in [6.07, 6.45) is 1.98. The van der Waals surface area contributed by atoms with Crippen LogP contribution in [0.25, 0.3) is 10.9 Å². The predicted molar refractivity (Wildman–Crippen MR) is 115 cm³/mol. The Morgan fingerprint density at radius 1 is 1.17 bits per heavy atom. The Kier molecular flexibility index (Phi) is 7.04. The summed E-state index contributed by atoms with van der Waals surface area (Å²) in [7, 11) is 1.79. The van der Waals surface area contributed by atoms with Crippen molar-refractivity contribution >= 4 is 28.6 Å². The molecule has 1 amide bonds. The van der Waals surface area contributed by atoms with Crippen LogP contribution in [-0.2, 0) is 11.3 Å². The third-order valence-corrected chi connectivity index (χ3v) is 5.64. The smallest absolute Gasteiger partial charge is 0.262 e. The summed E-state index contributed by atoms with van der Waals surface area (Å²) in [4.78, 5) is 31.8. The number of thioether (sulfide) groups is 1. The first-order valence-electron chi connectivity index (χ1n) is 9.60. The van der Waals surface area contributed by atoms with Crippen LogP contribution in [-0.4, -0.2) is 39.7 Å². The summed E-state index contributed by atoms with van der Waals surface area (Å²) in [6, 6.07) is 13.2. The summed E-state index contributed by atoms with van der Waals surface area (Å²) < 4.78 is 14.8.